The summed E-state index contributed by atoms with van der Waals surface area (Å²) in [5.41, 5.74) is 3.08. The number of fused-ring (bicyclic) bond motifs is 1. The Morgan fingerprint density at radius 3 is 3.07 bits per heavy atom. The van der Waals surface area contributed by atoms with E-state index in [0.29, 0.717) is 6.42 Å². The fraction of sp³-hybridized carbons (Fsp3) is 0.273. The number of nitrogens with zero attached hydrogens (tertiary/aromatic N) is 2. The molecule has 0 atom stereocenters. The minimum Gasteiger partial charge on any atom is -0.306 e. The first-order valence-corrected chi connectivity index (χ1v) is 4.59. The molecule has 2 rings (SSSR count). The van der Waals surface area contributed by atoms with E-state index in [0.717, 1.165) is 16.8 Å². The largest absolute Gasteiger partial charge is 0.306 e. The molecule has 3 nitrogen and oxygen atoms in total. The first-order chi connectivity index (χ1) is 6.68. The van der Waals surface area contributed by atoms with Crippen molar-refractivity contribution >= 4 is 11.3 Å². The van der Waals surface area contributed by atoms with Crippen molar-refractivity contribution in [3.05, 3.63) is 35.9 Å². The van der Waals surface area contributed by atoms with Gasteiger partial charge in [0, 0.05) is 12.6 Å². The second-order valence-corrected chi connectivity index (χ2v) is 3.50. The van der Waals surface area contributed by atoms with Crippen molar-refractivity contribution in [3.63, 3.8) is 0 Å². The molecule has 0 saturated carbocycles. The number of imidazole rings is 1. The van der Waals surface area contributed by atoms with Crippen molar-refractivity contribution in [1.29, 1.82) is 0 Å². The Kier molecular flexibility index (Phi) is 2.08. The Labute approximate surface area is 82.4 Å². The predicted molar refractivity (Wildman–Crippen MR) is 54.3 cm³/mol. The maximum atomic E-state index is 11.1. The van der Waals surface area contributed by atoms with Crippen LogP contribution in [0.2, 0.25) is 0 Å². The lowest BCUT2D eigenvalue weighted by Crippen LogP contribution is -1.99. The molecule has 72 valence electrons. The zero-order valence-corrected chi connectivity index (χ0v) is 8.32. The van der Waals surface area contributed by atoms with Gasteiger partial charge < -0.3 is 4.40 Å². The molecule has 14 heavy (non-hydrogen) atoms. The minimum atomic E-state index is 0.179. The number of carbonyl (C=O) groups excluding carboxylic acids is 1. The van der Waals surface area contributed by atoms with Gasteiger partial charge in [-0.05, 0) is 25.5 Å². The molecule has 0 N–H and O–H groups in total. The zero-order chi connectivity index (χ0) is 10.1. The minimum absolute atomic E-state index is 0.179. The van der Waals surface area contributed by atoms with E-state index in [4.69, 9.17) is 0 Å². The number of Topliss-reactive ketones (excluding diaryl/α,β-unsaturated/α-hetero) is 1. The lowest BCUT2D eigenvalue weighted by molar-refractivity contribution is -0.116. The third-order valence-electron chi connectivity index (χ3n) is 2.26. The van der Waals surface area contributed by atoms with E-state index in [-0.39, 0.29) is 5.78 Å². The summed E-state index contributed by atoms with van der Waals surface area (Å²) in [5, 5.41) is 0. The van der Waals surface area contributed by atoms with Gasteiger partial charge in [0.1, 0.15) is 5.78 Å². The first kappa shape index (κ1) is 8.94. The van der Waals surface area contributed by atoms with Crippen LogP contribution in [-0.4, -0.2) is 15.2 Å². The van der Waals surface area contributed by atoms with Gasteiger partial charge in [-0.2, -0.15) is 0 Å². The molecule has 2 aromatic rings. The van der Waals surface area contributed by atoms with Crippen LogP contribution >= 0.6 is 0 Å². The van der Waals surface area contributed by atoms with Crippen LogP contribution in [0, 0.1) is 6.92 Å². The number of pyridine rings is 1. The summed E-state index contributed by atoms with van der Waals surface area (Å²) in [7, 11) is 0. The first-order valence-electron chi connectivity index (χ1n) is 4.59. The molecule has 0 aliphatic heterocycles. The van der Waals surface area contributed by atoms with Crippen molar-refractivity contribution in [3.8, 4) is 0 Å². The molecule has 2 heterocycles. The summed E-state index contributed by atoms with van der Waals surface area (Å²) in [4.78, 5) is 15.3. The summed E-state index contributed by atoms with van der Waals surface area (Å²) >= 11 is 0. The molecule has 2 aromatic heterocycles. The predicted octanol–water partition coefficient (Wildman–Crippen LogP) is 1.77. The average molecular weight is 188 g/mol. The van der Waals surface area contributed by atoms with Crippen molar-refractivity contribution in [2.45, 2.75) is 20.3 Å². The Balaban J connectivity index is 2.63. The number of hydrogen-bond donors (Lipinski definition) is 0. The van der Waals surface area contributed by atoms with Crippen molar-refractivity contribution in [2.75, 3.05) is 0 Å². The average Bonchev–Trinajstić information content (AvgIpc) is 2.48. The second-order valence-electron chi connectivity index (χ2n) is 3.50. The maximum Gasteiger partial charge on any atom is 0.134 e. The van der Waals surface area contributed by atoms with Crippen LogP contribution in [0.25, 0.3) is 5.52 Å². The van der Waals surface area contributed by atoms with Gasteiger partial charge >= 0.3 is 0 Å². The van der Waals surface area contributed by atoms with Crippen LogP contribution in [0.5, 0.6) is 0 Å². The van der Waals surface area contributed by atoms with Crippen LogP contribution < -0.4 is 0 Å². The summed E-state index contributed by atoms with van der Waals surface area (Å²) in [6.45, 7) is 3.56. The molecular weight excluding hydrogens is 176 g/mol. The van der Waals surface area contributed by atoms with Crippen molar-refractivity contribution < 1.29 is 4.79 Å². The number of carbonyl (C=O) groups is 1. The molecule has 0 saturated heterocycles. The fourth-order valence-corrected chi connectivity index (χ4v) is 1.71. The van der Waals surface area contributed by atoms with Crippen LogP contribution in [0.3, 0.4) is 0 Å². The monoisotopic (exact) mass is 188 g/mol. The molecular formula is C11H12N2O. The molecule has 0 bridgehead atoms. The normalized spacial score (nSPS) is 10.7. The number of aryl methyl sites for hydroxylation is 1. The van der Waals surface area contributed by atoms with E-state index in [1.165, 1.54) is 0 Å². The summed E-state index contributed by atoms with van der Waals surface area (Å²) < 4.78 is 1.95. The SMILES string of the molecule is CC(=O)Cc1cccn2cnc(C)c12. The maximum absolute atomic E-state index is 11.1. The molecule has 0 aromatic carbocycles. The van der Waals surface area contributed by atoms with Gasteiger partial charge in [-0.25, -0.2) is 4.98 Å². The number of hydrogen-bond acceptors (Lipinski definition) is 2. The van der Waals surface area contributed by atoms with Gasteiger partial charge in [-0.3, -0.25) is 4.79 Å². The van der Waals surface area contributed by atoms with E-state index in [2.05, 4.69) is 4.98 Å². The van der Waals surface area contributed by atoms with Gasteiger partial charge in [0.15, 0.2) is 0 Å². The molecule has 0 aliphatic carbocycles. The van der Waals surface area contributed by atoms with E-state index < -0.39 is 0 Å². The van der Waals surface area contributed by atoms with Crippen molar-refractivity contribution in [1.82, 2.24) is 9.38 Å². The molecule has 0 amide bonds. The van der Waals surface area contributed by atoms with Crippen molar-refractivity contribution in [2.24, 2.45) is 0 Å². The Morgan fingerprint density at radius 1 is 1.57 bits per heavy atom. The third-order valence-corrected chi connectivity index (χ3v) is 2.26. The van der Waals surface area contributed by atoms with Gasteiger partial charge in [-0.15, -0.1) is 0 Å². The molecule has 3 heteroatoms. The van der Waals surface area contributed by atoms with Crippen LogP contribution in [0.15, 0.2) is 24.7 Å². The summed E-state index contributed by atoms with van der Waals surface area (Å²) in [6, 6.07) is 3.91. The topological polar surface area (TPSA) is 34.4 Å². The molecule has 0 fully saturated rings. The Hall–Kier alpha value is -1.64. The third kappa shape index (κ3) is 1.41. The van der Waals surface area contributed by atoms with Crippen LogP contribution in [-0.2, 0) is 11.2 Å². The van der Waals surface area contributed by atoms with Gasteiger partial charge in [0.2, 0.25) is 0 Å². The van der Waals surface area contributed by atoms with E-state index >= 15 is 0 Å². The lowest BCUT2D eigenvalue weighted by atomic mass is 10.1. The van der Waals surface area contributed by atoms with E-state index in [9.17, 15) is 4.79 Å². The number of aromatic nitrogens is 2. The summed E-state index contributed by atoms with van der Waals surface area (Å²) in [5.74, 6) is 0.179. The van der Waals surface area contributed by atoms with E-state index in [1.54, 1.807) is 13.3 Å². The summed E-state index contributed by atoms with van der Waals surface area (Å²) in [6.07, 6.45) is 4.20. The van der Waals surface area contributed by atoms with Crippen LogP contribution in [0.1, 0.15) is 18.2 Å². The molecule has 0 spiro atoms. The zero-order valence-electron chi connectivity index (χ0n) is 8.32. The second kappa shape index (κ2) is 3.25. The highest BCUT2D eigenvalue weighted by Gasteiger charge is 2.06. The Bertz CT molecular complexity index is 485. The molecule has 0 unspecified atom stereocenters. The highest BCUT2D eigenvalue weighted by atomic mass is 16.1. The quantitative estimate of drug-likeness (QED) is 0.719. The Morgan fingerprint density at radius 2 is 2.36 bits per heavy atom. The van der Waals surface area contributed by atoms with Gasteiger partial charge in [0.05, 0.1) is 17.5 Å². The standard InChI is InChI=1S/C11H12N2O/c1-8(14)6-10-4-3-5-13-7-12-9(2)11(10)13/h3-5,7H,6H2,1-2H3. The van der Waals surface area contributed by atoms with E-state index in [1.807, 2.05) is 29.7 Å². The smallest absolute Gasteiger partial charge is 0.134 e. The molecule has 0 radical (unpaired) electrons. The van der Waals surface area contributed by atoms with Crippen LogP contribution in [0.4, 0.5) is 0 Å². The van der Waals surface area contributed by atoms with Gasteiger partial charge in [-0.1, -0.05) is 6.07 Å². The number of ketones is 1. The fourth-order valence-electron chi connectivity index (χ4n) is 1.71. The number of rotatable bonds is 2. The highest BCUT2D eigenvalue weighted by molar-refractivity contribution is 5.81. The lowest BCUT2D eigenvalue weighted by Gasteiger charge is -2.02. The molecule has 0 aliphatic rings. The van der Waals surface area contributed by atoms with Gasteiger partial charge in [0.25, 0.3) is 0 Å². The highest BCUT2D eigenvalue weighted by Crippen LogP contribution is 2.15.